The minimum absolute atomic E-state index is 0.202. The molecule has 0 saturated carbocycles. The smallest absolute Gasteiger partial charge is 0.406 e. The van der Waals surface area contributed by atoms with Gasteiger partial charge < -0.3 is 14.5 Å². The van der Waals surface area contributed by atoms with Gasteiger partial charge in [0.25, 0.3) is 0 Å². The number of ether oxygens (including phenoxy) is 1. The maximum atomic E-state index is 13.2. The van der Waals surface area contributed by atoms with Crippen LogP contribution in [0.1, 0.15) is 29.2 Å². The van der Waals surface area contributed by atoms with Crippen LogP contribution in [-0.4, -0.2) is 25.6 Å². The molecule has 3 aromatic carbocycles. The van der Waals surface area contributed by atoms with E-state index < -0.39 is 25.0 Å². The number of benzene rings is 3. The fourth-order valence-corrected chi connectivity index (χ4v) is 4.38. The van der Waals surface area contributed by atoms with Crippen molar-refractivity contribution in [2.45, 2.75) is 31.5 Å². The highest BCUT2D eigenvalue weighted by molar-refractivity contribution is 5.74. The van der Waals surface area contributed by atoms with Gasteiger partial charge in [0.05, 0.1) is 35.5 Å². The summed E-state index contributed by atoms with van der Waals surface area (Å²) < 4.78 is 81.6. The van der Waals surface area contributed by atoms with Crippen LogP contribution >= 0.6 is 0 Å². The summed E-state index contributed by atoms with van der Waals surface area (Å²) in [5.74, 6) is -0.352. The predicted octanol–water partition coefficient (Wildman–Crippen LogP) is 6.98. The molecule has 0 radical (unpaired) electrons. The van der Waals surface area contributed by atoms with E-state index in [-0.39, 0.29) is 25.4 Å². The molecule has 36 heavy (non-hydrogen) atoms. The minimum Gasteiger partial charge on any atom is -0.406 e. The fourth-order valence-electron chi connectivity index (χ4n) is 4.38. The Labute approximate surface area is 203 Å². The van der Waals surface area contributed by atoms with Crippen LogP contribution in [-0.2, 0) is 6.54 Å². The van der Waals surface area contributed by atoms with E-state index in [9.17, 15) is 31.6 Å². The number of fused-ring (bicyclic) bond motifs is 1. The Morgan fingerprint density at radius 2 is 1.61 bits per heavy atom. The molecule has 1 aliphatic heterocycles. The largest absolute Gasteiger partial charge is 0.573 e. The summed E-state index contributed by atoms with van der Waals surface area (Å²) in [7, 11) is 0. The molecule has 1 heterocycles. The van der Waals surface area contributed by atoms with Crippen molar-refractivity contribution in [1.29, 1.82) is 5.26 Å². The monoisotopic (exact) mass is 505 g/mol. The number of halogens is 6. The van der Waals surface area contributed by atoms with E-state index in [0.29, 0.717) is 28.1 Å². The molecule has 188 valence electrons. The normalized spacial score (nSPS) is 15.9. The number of nitriles is 1. The van der Waals surface area contributed by atoms with Crippen molar-refractivity contribution in [1.82, 2.24) is 0 Å². The molecule has 1 aliphatic rings. The molecule has 0 aromatic heterocycles. The third-order valence-electron chi connectivity index (χ3n) is 5.84. The molecular formula is C26H21F6N3O. The molecule has 0 N–H and O–H groups in total. The van der Waals surface area contributed by atoms with Crippen LogP contribution in [0.2, 0.25) is 0 Å². The highest BCUT2D eigenvalue weighted by Gasteiger charge is 2.36. The summed E-state index contributed by atoms with van der Waals surface area (Å²) in [6.45, 7) is 0.173. The van der Waals surface area contributed by atoms with Crippen molar-refractivity contribution < 1.29 is 31.1 Å². The number of para-hydroxylation sites is 2. The topological polar surface area (TPSA) is 39.5 Å². The maximum absolute atomic E-state index is 13.2. The predicted molar refractivity (Wildman–Crippen MR) is 123 cm³/mol. The van der Waals surface area contributed by atoms with Gasteiger partial charge in [0.1, 0.15) is 5.75 Å². The van der Waals surface area contributed by atoms with Gasteiger partial charge in [0, 0.05) is 19.6 Å². The molecule has 0 aliphatic carbocycles. The molecule has 0 fully saturated rings. The van der Waals surface area contributed by atoms with E-state index in [1.807, 2.05) is 4.90 Å². The second-order valence-electron chi connectivity index (χ2n) is 8.38. The van der Waals surface area contributed by atoms with Crippen LogP contribution < -0.4 is 14.5 Å². The SMILES string of the molecule is N#Cc1cccc([C@@H]2CN(Cc3cccc(OC(F)(F)F)c3)c3ccccc3N2CCC(F)(F)F)c1. The number of hydrogen-bond donors (Lipinski definition) is 0. The lowest BCUT2D eigenvalue weighted by Crippen LogP contribution is -2.44. The second-order valence-corrected chi connectivity index (χ2v) is 8.38. The zero-order valence-corrected chi connectivity index (χ0v) is 18.9. The Kier molecular flexibility index (Phi) is 7.02. The highest BCUT2D eigenvalue weighted by Crippen LogP contribution is 2.42. The van der Waals surface area contributed by atoms with Crippen molar-refractivity contribution in [2.24, 2.45) is 0 Å². The van der Waals surface area contributed by atoms with Crippen molar-refractivity contribution >= 4 is 11.4 Å². The van der Waals surface area contributed by atoms with E-state index in [0.717, 1.165) is 0 Å². The summed E-state index contributed by atoms with van der Waals surface area (Å²) in [5, 5.41) is 9.33. The number of nitrogens with zero attached hydrogens (tertiary/aromatic N) is 3. The van der Waals surface area contributed by atoms with Gasteiger partial charge in [-0.15, -0.1) is 13.2 Å². The minimum atomic E-state index is -4.83. The van der Waals surface area contributed by atoms with E-state index in [4.69, 9.17) is 0 Å². The Balaban J connectivity index is 1.72. The van der Waals surface area contributed by atoms with Gasteiger partial charge in [-0.3, -0.25) is 0 Å². The average Bonchev–Trinajstić information content (AvgIpc) is 2.82. The third kappa shape index (κ3) is 6.22. The molecular weight excluding hydrogens is 484 g/mol. The molecule has 0 spiro atoms. The molecule has 0 unspecified atom stereocenters. The first-order valence-corrected chi connectivity index (χ1v) is 11.0. The second kappa shape index (κ2) is 10.0. The summed E-state index contributed by atoms with van der Waals surface area (Å²) in [6.07, 6.45) is -10.2. The first kappa shape index (κ1) is 25.2. The molecule has 10 heteroatoms. The Morgan fingerprint density at radius 1 is 0.889 bits per heavy atom. The van der Waals surface area contributed by atoms with Gasteiger partial charge in [-0.1, -0.05) is 36.4 Å². The summed E-state index contributed by atoms with van der Waals surface area (Å²) in [6, 6.07) is 20.8. The van der Waals surface area contributed by atoms with Gasteiger partial charge in [0.15, 0.2) is 0 Å². The number of rotatable bonds is 6. The fraction of sp³-hybridized carbons (Fsp3) is 0.269. The quantitative estimate of drug-likeness (QED) is 0.339. The molecule has 4 nitrogen and oxygen atoms in total. The third-order valence-corrected chi connectivity index (χ3v) is 5.84. The van der Waals surface area contributed by atoms with Crippen molar-refractivity contribution in [3.8, 4) is 11.8 Å². The van der Waals surface area contributed by atoms with Crippen molar-refractivity contribution in [3.05, 3.63) is 89.5 Å². The van der Waals surface area contributed by atoms with Crippen LogP contribution in [0.15, 0.2) is 72.8 Å². The van der Waals surface area contributed by atoms with Gasteiger partial charge in [-0.2, -0.15) is 18.4 Å². The van der Waals surface area contributed by atoms with Gasteiger partial charge >= 0.3 is 12.5 Å². The summed E-state index contributed by atoms with van der Waals surface area (Å²) in [5.41, 5.74) is 2.83. The van der Waals surface area contributed by atoms with Gasteiger partial charge in [0.2, 0.25) is 0 Å². The lowest BCUT2D eigenvalue weighted by atomic mass is 9.97. The Hall–Kier alpha value is -3.87. The maximum Gasteiger partial charge on any atom is 0.573 e. The highest BCUT2D eigenvalue weighted by atomic mass is 19.4. The van der Waals surface area contributed by atoms with Crippen LogP contribution in [0.4, 0.5) is 37.7 Å². The Bertz CT molecular complexity index is 1250. The first-order chi connectivity index (χ1) is 17.0. The Morgan fingerprint density at radius 3 is 2.31 bits per heavy atom. The summed E-state index contributed by atoms with van der Waals surface area (Å²) in [4.78, 5) is 3.59. The first-order valence-electron chi connectivity index (χ1n) is 11.0. The molecule has 0 saturated heterocycles. The molecule has 3 aromatic rings. The summed E-state index contributed by atoms with van der Waals surface area (Å²) >= 11 is 0. The molecule has 0 bridgehead atoms. The molecule has 4 rings (SSSR count). The number of alkyl halides is 6. The van der Waals surface area contributed by atoms with Crippen molar-refractivity contribution in [2.75, 3.05) is 22.9 Å². The standard InChI is InChI=1S/C26H21F6N3O/c27-25(28,29)11-12-35-23-10-2-1-9-22(23)34(17-24(35)20-7-3-5-18(13-20)15-33)16-19-6-4-8-21(14-19)36-26(30,31)32/h1-10,13-14,24H,11-12,16-17H2/t24-/m0/s1. The van der Waals surface area contributed by atoms with E-state index in [1.165, 1.54) is 18.2 Å². The average molecular weight is 505 g/mol. The van der Waals surface area contributed by atoms with Gasteiger partial charge in [-0.25, -0.2) is 0 Å². The number of anilines is 2. The van der Waals surface area contributed by atoms with Crippen LogP contribution in [0.5, 0.6) is 5.75 Å². The molecule has 0 amide bonds. The number of hydrogen-bond acceptors (Lipinski definition) is 4. The lowest BCUT2D eigenvalue weighted by Gasteiger charge is -2.45. The van der Waals surface area contributed by atoms with Crippen LogP contribution in [0, 0.1) is 11.3 Å². The van der Waals surface area contributed by atoms with Crippen LogP contribution in [0.3, 0.4) is 0 Å². The molecule has 1 atom stereocenters. The van der Waals surface area contributed by atoms with Crippen molar-refractivity contribution in [3.63, 3.8) is 0 Å². The van der Waals surface area contributed by atoms with E-state index in [1.54, 1.807) is 59.5 Å². The van der Waals surface area contributed by atoms with E-state index in [2.05, 4.69) is 10.8 Å². The zero-order valence-electron chi connectivity index (χ0n) is 18.9. The lowest BCUT2D eigenvalue weighted by molar-refractivity contribution is -0.274. The van der Waals surface area contributed by atoms with Gasteiger partial charge in [-0.05, 0) is 47.5 Å². The van der Waals surface area contributed by atoms with E-state index >= 15 is 0 Å². The zero-order chi connectivity index (χ0) is 25.9. The van der Waals surface area contributed by atoms with Crippen LogP contribution in [0.25, 0.3) is 0 Å².